The average molecular weight is 383 g/mol. The van der Waals surface area contributed by atoms with Crippen LogP contribution in [0.25, 0.3) is 0 Å². The molecule has 0 saturated carbocycles. The van der Waals surface area contributed by atoms with Crippen molar-refractivity contribution >= 4 is 23.0 Å². The number of aromatic nitrogens is 1. The summed E-state index contributed by atoms with van der Waals surface area (Å²) in [6.45, 7) is 4.83. The van der Waals surface area contributed by atoms with E-state index in [1.54, 1.807) is 12.3 Å². The van der Waals surface area contributed by atoms with Crippen LogP contribution in [0.5, 0.6) is 0 Å². The Labute approximate surface area is 166 Å². The van der Waals surface area contributed by atoms with E-state index in [4.69, 9.17) is 4.74 Å². The van der Waals surface area contributed by atoms with Gasteiger partial charge in [0.2, 0.25) is 0 Å². The van der Waals surface area contributed by atoms with Crippen LogP contribution >= 0.6 is 0 Å². The first kappa shape index (κ1) is 20.1. The van der Waals surface area contributed by atoms with Gasteiger partial charge in [0.15, 0.2) is 0 Å². The summed E-state index contributed by atoms with van der Waals surface area (Å²) in [5.74, 6) is -0.140. The van der Waals surface area contributed by atoms with E-state index in [0.29, 0.717) is 12.2 Å². The number of ether oxygens (including phenoxy) is 1. The zero-order valence-corrected chi connectivity index (χ0v) is 16.6. The van der Waals surface area contributed by atoms with Crippen LogP contribution in [-0.4, -0.2) is 69.3 Å². The number of morpholine rings is 1. The molecule has 0 atom stereocenters. The summed E-state index contributed by atoms with van der Waals surface area (Å²) in [5, 5.41) is 6.33. The smallest absolute Gasteiger partial charge is 0.269 e. The molecule has 1 aliphatic rings. The lowest BCUT2D eigenvalue weighted by Crippen LogP contribution is -2.36. The van der Waals surface area contributed by atoms with E-state index in [0.717, 1.165) is 56.3 Å². The molecular formula is C21H29N5O2. The van der Waals surface area contributed by atoms with Crippen LogP contribution < -0.4 is 15.5 Å². The molecule has 0 spiro atoms. The summed E-state index contributed by atoms with van der Waals surface area (Å²) in [4.78, 5) is 20.9. The van der Waals surface area contributed by atoms with Crippen molar-refractivity contribution in [1.29, 1.82) is 0 Å². The monoisotopic (exact) mass is 383 g/mol. The van der Waals surface area contributed by atoms with Gasteiger partial charge in [-0.1, -0.05) is 12.1 Å². The number of para-hydroxylation sites is 2. The number of hydrogen-bond donors (Lipinski definition) is 2. The lowest BCUT2D eigenvalue weighted by atomic mass is 10.2. The van der Waals surface area contributed by atoms with E-state index >= 15 is 0 Å². The Morgan fingerprint density at radius 3 is 2.68 bits per heavy atom. The van der Waals surface area contributed by atoms with Crippen molar-refractivity contribution in [2.75, 3.05) is 63.7 Å². The van der Waals surface area contributed by atoms with E-state index in [2.05, 4.69) is 37.6 Å². The molecule has 3 rings (SSSR count). The number of rotatable bonds is 8. The minimum atomic E-state index is -0.140. The molecule has 0 radical (unpaired) electrons. The van der Waals surface area contributed by atoms with Crippen LogP contribution in [0.15, 0.2) is 42.6 Å². The van der Waals surface area contributed by atoms with Crippen molar-refractivity contribution < 1.29 is 9.53 Å². The van der Waals surface area contributed by atoms with Gasteiger partial charge in [-0.3, -0.25) is 4.79 Å². The molecule has 1 aromatic heterocycles. The van der Waals surface area contributed by atoms with Gasteiger partial charge in [0, 0.05) is 19.6 Å². The highest BCUT2D eigenvalue weighted by Crippen LogP contribution is 2.29. The molecule has 7 heteroatoms. The third-order valence-corrected chi connectivity index (χ3v) is 4.60. The second kappa shape index (κ2) is 10.1. The zero-order chi connectivity index (χ0) is 19.8. The molecule has 2 heterocycles. The quantitative estimate of drug-likeness (QED) is 0.682. The molecule has 1 saturated heterocycles. The molecule has 1 aliphatic heterocycles. The number of hydrogen-bond acceptors (Lipinski definition) is 6. The summed E-state index contributed by atoms with van der Waals surface area (Å²) in [7, 11) is 4.04. The van der Waals surface area contributed by atoms with Crippen molar-refractivity contribution in [3.05, 3.63) is 48.3 Å². The fourth-order valence-electron chi connectivity index (χ4n) is 3.10. The second-order valence-electron chi connectivity index (χ2n) is 7.09. The molecule has 7 nitrogen and oxygen atoms in total. The predicted octanol–water partition coefficient (Wildman–Crippen LogP) is 2.34. The minimum Gasteiger partial charge on any atom is -0.378 e. The molecule has 1 fully saturated rings. The maximum absolute atomic E-state index is 12.2. The topological polar surface area (TPSA) is 69.7 Å². The van der Waals surface area contributed by atoms with E-state index in [1.807, 2.05) is 32.3 Å². The Morgan fingerprint density at radius 1 is 1.18 bits per heavy atom. The largest absolute Gasteiger partial charge is 0.378 e. The molecule has 1 aromatic carbocycles. The van der Waals surface area contributed by atoms with Crippen molar-refractivity contribution in [2.24, 2.45) is 0 Å². The Morgan fingerprint density at radius 2 is 1.96 bits per heavy atom. The summed E-state index contributed by atoms with van der Waals surface area (Å²) in [6.07, 6.45) is 2.61. The van der Waals surface area contributed by atoms with E-state index in [1.165, 1.54) is 0 Å². The van der Waals surface area contributed by atoms with Gasteiger partial charge >= 0.3 is 0 Å². The molecule has 28 heavy (non-hydrogen) atoms. The molecule has 0 bridgehead atoms. The van der Waals surface area contributed by atoms with Gasteiger partial charge in [0.25, 0.3) is 5.91 Å². The van der Waals surface area contributed by atoms with E-state index in [-0.39, 0.29) is 5.91 Å². The average Bonchev–Trinajstić information content (AvgIpc) is 2.72. The van der Waals surface area contributed by atoms with Crippen LogP contribution in [0.2, 0.25) is 0 Å². The number of benzene rings is 1. The lowest BCUT2D eigenvalue weighted by molar-refractivity contribution is 0.0947. The zero-order valence-electron chi connectivity index (χ0n) is 16.6. The van der Waals surface area contributed by atoms with Crippen LogP contribution in [0.1, 0.15) is 16.9 Å². The summed E-state index contributed by atoms with van der Waals surface area (Å²) < 4.78 is 5.45. The normalized spacial score (nSPS) is 14.2. The van der Waals surface area contributed by atoms with Gasteiger partial charge in [0.1, 0.15) is 5.69 Å². The van der Waals surface area contributed by atoms with Crippen LogP contribution in [0, 0.1) is 0 Å². The molecule has 1 amide bonds. The molecule has 0 aliphatic carbocycles. The fourth-order valence-corrected chi connectivity index (χ4v) is 3.10. The SMILES string of the molecule is CN(C)CCCNC(=O)c1ccc(Nc2ccccc2N2CCOCC2)cn1. The second-order valence-corrected chi connectivity index (χ2v) is 7.09. The van der Waals surface area contributed by atoms with E-state index < -0.39 is 0 Å². The highest BCUT2D eigenvalue weighted by atomic mass is 16.5. The van der Waals surface area contributed by atoms with Crippen LogP contribution in [-0.2, 0) is 4.74 Å². The molecule has 150 valence electrons. The lowest BCUT2D eigenvalue weighted by Gasteiger charge is -2.30. The van der Waals surface area contributed by atoms with Crippen molar-refractivity contribution in [1.82, 2.24) is 15.2 Å². The fraction of sp³-hybridized carbons (Fsp3) is 0.429. The Bertz CT molecular complexity index is 758. The summed E-state index contributed by atoms with van der Waals surface area (Å²) in [6, 6.07) is 11.8. The number of carbonyl (C=O) groups is 1. The first-order valence-corrected chi connectivity index (χ1v) is 9.71. The van der Waals surface area contributed by atoms with Crippen molar-refractivity contribution in [3.63, 3.8) is 0 Å². The number of carbonyl (C=O) groups excluding carboxylic acids is 1. The molecule has 2 aromatic rings. The van der Waals surface area contributed by atoms with Crippen LogP contribution in [0.4, 0.5) is 17.1 Å². The van der Waals surface area contributed by atoms with Gasteiger partial charge in [-0.15, -0.1) is 0 Å². The number of amides is 1. The Kier molecular flexibility index (Phi) is 7.22. The van der Waals surface area contributed by atoms with Crippen LogP contribution in [0.3, 0.4) is 0 Å². The number of anilines is 3. The van der Waals surface area contributed by atoms with Crippen molar-refractivity contribution in [3.8, 4) is 0 Å². The number of pyridine rings is 1. The number of nitrogens with zero attached hydrogens (tertiary/aromatic N) is 3. The standard InChI is InChI=1S/C21H29N5O2/c1-25(2)11-5-10-22-21(27)19-9-8-17(16-23-19)24-18-6-3-4-7-20(18)26-12-14-28-15-13-26/h3-4,6-9,16,24H,5,10-15H2,1-2H3,(H,22,27). The van der Waals surface area contributed by atoms with Gasteiger partial charge in [-0.2, -0.15) is 0 Å². The Hall–Kier alpha value is -2.64. The first-order valence-electron chi connectivity index (χ1n) is 9.71. The van der Waals surface area contributed by atoms with E-state index in [9.17, 15) is 4.79 Å². The maximum atomic E-state index is 12.2. The third-order valence-electron chi connectivity index (χ3n) is 4.60. The minimum absolute atomic E-state index is 0.140. The molecule has 2 N–H and O–H groups in total. The van der Waals surface area contributed by atoms with Gasteiger partial charge in [-0.05, 0) is 51.3 Å². The van der Waals surface area contributed by atoms with Gasteiger partial charge in [0.05, 0.1) is 36.5 Å². The number of nitrogens with one attached hydrogen (secondary N) is 2. The molecule has 0 unspecified atom stereocenters. The predicted molar refractivity (Wildman–Crippen MR) is 112 cm³/mol. The third kappa shape index (κ3) is 5.68. The first-order chi connectivity index (χ1) is 13.6. The maximum Gasteiger partial charge on any atom is 0.269 e. The summed E-state index contributed by atoms with van der Waals surface area (Å²) in [5.41, 5.74) is 3.45. The Balaban J connectivity index is 1.59. The highest BCUT2D eigenvalue weighted by molar-refractivity contribution is 5.92. The van der Waals surface area contributed by atoms with Gasteiger partial charge < -0.3 is 25.2 Å². The van der Waals surface area contributed by atoms with Gasteiger partial charge in [-0.25, -0.2) is 4.98 Å². The molecular weight excluding hydrogens is 354 g/mol. The van der Waals surface area contributed by atoms with Crippen molar-refractivity contribution in [2.45, 2.75) is 6.42 Å². The summed E-state index contributed by atoms with van der Waals surface area (Å²) >= 11 is 0. The highest BCUT2D eigenvalue weighted by Gasteiger charge is 2.14.